The van der Waals surface area contributed by atoms with Gasteiger partial charge in [0.1, 0.15) is 10.7 Å². The number of rotatable bonds is 6. The van der Waals surface area contributed by atoms with Gasteiger partial charge >= 0.3 is 11.9 Å². The van der Waals surface area contributed by atoms with Crippen molar-refractivity contribution < 1.29 is 23.9 Å². The zero-order valence-corrected chi connectivity index (χ0v) is 16.0. The quantitative estimate of drug-likeness (QED) is 0.733. The van der Waals surface area contributed by atoms with Gasteiger partial charge in [-0.25, -0.2) is 9.59 Å². The highest BCUT2D eigenvalue weighted by molar-refractivity contribution is 7.17. The van der Waals surface area contributed by atoms with Crippen LogP contribution in [0.1, 0.15) is 58.0 Å². The number of fused-ring (bicyclic) bond motifs is 1. The number of aromatic nitrogens is 2. The molecule has 1 amide bonds. The Morgan fingerprint density at radius 3 is 2.78 bits per heavy atom. The van der Waals surface area contributed by atoms with Crippen molar-refractivity contribution in [1.29, 1.82) is 0 Å². The third-order valence-corrected chi connectivity index (χ3v) is 5.47. The first-order valence-corrected chi connectivity index (χ1v) is 9.65. The van der Waals surface area contributed by atoms with Gasteiger partial charge in [-0.05, 0) is 51.2 Å². The lowest BCUT2D eigenvalue weighted by molar-refractivity contribution is -0.123. The zero-order valence-electron chi connectivity index (χ0n) is 15.2. The van der Waals surface area contributed by atoms with E-state index in [4.69, 9.17) is 9.47 Å². The Balaban J connectivity index is 1.75. The molecule has 27 heavy (non-hydrogen) atoms. The number of thiophene rings is 1. The van der Waals surface area contributed by atoms with E-state index < -0.39 is 23.9 Å². The lowest BCUT2D eigenvalue weighted by atomic mass is 9.95. The highest BCUT2D eigenvalue weighted by atomic mass is 32.1. The van der Waals surface area contributed by atoms with Crippen LogP contribution in [0.25, 0.3) is 0 Å². The number of aromatic amines is 1. The number of anilines is 1. The second-order valence-electron chi connectivity index (χ2n) is 6.14. The van der Waals surface area contributed by atoms with Crippen LogP contribution in [-0.2, 0) is 27.1 Å². The van der Waals surface area contributed by atoms with Gasteiger partial charge in [0, 0.05) is 11.1 Å². The van der Waals surface area contributed by atoms with E-state index in [1.165, 1.54) is 30.5 Å². The fraction of sp³-hybridized carbons (Fsp3) is 0.444. The second kappa shape index (κ2) is 8.34. The number of nitrogens with one attached hydrogen (secondary N) is 2. The highest BCUT2D eigenvalue weighted by Gasteiger charge is 2.29. The summed E-state index contributed by atoms with van der Waals surface area (Å²) in [6.45, 7) is 3.47. The molecule has 1 atom stereocenters. The van der Waals surface area contributed by atoms with Crippen LogP contribution in [0.4, 0.5) is 5.00 Å². The molecule has 0 bridgehead atoms. The summed E-state index contributed by atoms with van der Waals surface area (Å²) >= 11 is 1.39. The number of esters is 2. The van der Waals surface area contributed by atoms with E-state index in [0.717, 1.165) is 36.1 Å². The van der Waals surface area contributed by atoms with Crippen molar-refractivity contribution in [3.05, 3.63) is 34.0 Å². The molecule has 0 aliphatic heterocycles. The largest absolute Gasteiger partial charge is 0.462 e. The van der Waals surface area contributed by atoms with Crippen LogP contribution in [0, 0.1) is 0 Å². The average Bonchev–Trinajstić information content (AvgIpc) is 3.29. The first kappa shape index (κ1) is 19.1. The SMILES string of the molecule is CCOC(=O)c1c(NC(=O)C(C)OC(=O)c2ccn[nH]2)sc2c1CCCC2. The van der Waals surface area contributed by atoms with Crippen LogP contribution in [0.5, 0.6) is 0 Å². The van der Waals surface area contributed by atoms with Crippen molar-refractivity contribution in [2.45, 2.75) is 45.6 Å². The maximum atomic E-state index is 12.5. The van der Waals surface area contributed by atoms with E-state index in [2.05, 4.69) is 15.5 Å². The molecular formula is C18H21N3O5S. The van der Waals surface area contributed by atoms with Crippen molar-refractivity contribution in [2.24, 2.45) is 0 Å². The number of hydrogen-bond donors (Lipinski definition) is 2. The minimum absolute atomic E-state index is 0.161. The van der Waals surface area contributed by atoms with Gasteiger partial charge in [-0.15, -0.1) is 11.3 Å². The van der Waals surface area contributed by atoms with Gasteiger partial charge in [0.15, 0.2) is 6.10 Å². The first-order chi connectivity index (χ1) is 13.0. The summed E-state index contributed by atoms with van der Waals surface area (Å²) in [5, 5.41) is 9.35. The lowest BCUT2D eigenvalue weighted by Crippen LogP contribution is -2.30. The van der Waals surface area contributed by atoms with Crippen LogP contribution in [0.3, 0.4) is 0 Å². The molecule has 2 heterocycles. The Morgan fingerprint density at radius 2 is 2.07 bits per heavy atom. The minimum Gasteiger partial charge on any atom is -0.462 e. The van der Waals surface area contributed by atoms with Crippen LogP contribution in [0.2, 0.25) is 0 Å². The molecule has 144 valence electrons. The van der Waals surface area contributed by atoms with Gasteiger partial charge in [-0.1, -0.05) is 0 Å². The molecule has 0 aromatic carbocycles. The molecule has 2 aromatic heterocycles. The predicted molar refractivity (Wildman–Crippen MR) is 99.0 cm³/mol. The van der Waals surface area contributed by atoms with Gasteiger partial charge in [0.05, 0.1) is 12.2 Å². The summed E-state index contributed by atoms with van der Waals surface area (Å²) in [5.41, 5.74) is 1.55. The molecule has 0 radical (unpaired) electrons. The summed E-state index contributed by atoms with van der Waals surface area (Å²) in [7, 11) is 0. The van der Waals surface area contributed by atoms with E-state index in [1.807, 2.05) is 0 Å². The number of carbonyl (C=O) groups excluding carboxylic acids is 3. The maximum absolute atomic E-state index is 12.5. The van der Waals surface area contributed by atoms with Crippen LogP contribution < -0.4 is 5.32 Å². The number of carbonyl (C=O) groups is 3. The van der Waals surface area contributed by atoms with Gasteiger partial charge in [-0.2, -0.15) is 5.10 Å². The molecule has 0 fully saturated rings. The molecule has 2 aromatic rings. The standard InChI is InChI=1S/C18H21N3O5S/c1-3-25-18(24)14-11-6-4-5-7-13(11)27-16(14)20-15(22)10(2)26-17(23)12-8-9-19-21-12/h8-10H,3-7H2,1-2H3,(H,19,21)(H,20,22). The summed E-state index contributed by atoms with van der Waals surface area (Å²) in [6, 6.07) is 1.46. The third kappa shape index (κ3) is 4.19. The minimum atomic E-state index is -1.03. The maximum Gasteiger partial charge on any atom is 0.357 e. The normalized spacial score (nSPS) is 14.1. The zero-order chi connectivity index (χ0) is 19.4. The van der Waals surface area contributed by atoms with Gasteiger partial charge in [-0.3, -0.25) is 9.89 Å². The van der Waals surface area contributed by atoms with Gasteiger partial charge < -0.3 is 14.8 Å². The molecule has 9 heteroatoms. The van der Waals surface area contributed by atoms with Gasteiger partial charge in [0.2, 0.25) is 0 Å². The molecule has 0 saturated heterocycles. The molecule has 0 saturated carbocycles. The van der Waals surface area contributed by atoms with Crippen LogP contribution in [0.15, 0.2) is 12.3 Å². The van der Waals surface area contributed by atoms with E-state index in [1.54, 1.807) is 6.92 Å². The van der Waals surface area contributed by atoms with Crippen molar-refractivity contribution in [1.82, 2.24) is 10.2 Å². The molecule has 1 unspecified atom stereocenters. The number of ether oxygens (including phenoxy) is 2. The first-order valence-electron chi connectivity index (χ1n) is 8.84. The van der Waals surface area contributed by atoms with Gasteiger partial charge in [0.25, 0.3) is 5.91 Å². The molecule has 1 aliphatic rings. The lowest BCUT2D eigenvalue weighted by Gasteiger charge is -2.14. The molecule has 2 N–H and O–H groups in total. The Bertz CT molecular complexity index is 844. The van der Waals surface area contributed by atoms with Crippen molar-refractivity contribution in [2.75, 3.05) is 11.9 Å². The number of hydrogen-bond acceptors (Lipinski definition) is 7. The van der Waals surface area contributed by atoms with E-state index in [0.29, 0.717) is 10.6 Å². The van der Waals surface area contributed by atoms with Crippen molar-refractivity contribution in [3.63, 3.8) is 0 Å². The molecule has 3 rings (SSSR count). The summed E-state index contributed by atoms with van der Waals surface area (Å²) in [4.78, 5) is 38.0. The van der Waals surface area contributed by atoms with E-state index in [-0.39, 0.29) is 12.3 Å². The monoisotopic (exact) mass is 391 g/mol. The van der Waals surface area contributed by atoms with Crippen molar-refractivity contribution >= 4 is 34.2 Å². The van der Waals surface area contributed by atoms with E-state index in [9.17, 15) is 14.4 Å². The predicted octanol–water partition coefficient (Wildman–Crippen LogP) is 2.71. The number of H-pyrrole nitrogens is 1. The second-order valence-corrected chi connectivity index (χ2v) is 7.25. The average molecular weight is 391 g/mol. The molecule has 0 spiro atoms. The molecule has 1 aliphatic carbocycles. The number of nitrogens with zero attached hydrogens (tertiary/aromatic N) is 1. The molecule has 8 nitrogen and oxygen atoms in total. The Labute approximate surface area is 160 Å². The topological polar surface area (TPSA) is 110 Å². The fourth-order valence-corrected chi connectivity index (χ4v) is 4.21. The third-order valence-electron chi connectivity index (χ3n) is 4.26. The highest BCUT2D eigenvalue weighted by Crippen LogP contribution is 2.38. The Kier molecular flexibility index (Phi) is 5.90. The fourth-order valence-electron chi connectivity index (χ4n) is 2.93. The Hall–Kier alpha value is -2.68. The number of amides is 1. The smallest absolute Gasteiger partial charge is 0.357 e. The van der Waals surface area contributed by atoms with Crippen molar-refractivity contribution in [3.8, 4) is 0 Å². The van der Waals surface area contributed by atoms with Crippen LogP contribution >= 0.6 is 11.3 Å². The molecular weight excluding hydrogens is 370 g/mol. The summed E-state index contributed by atoms with van der Waals surface area (Å²) < 4.78 is 10.3. The van der Waals surface area contributed by atoms with Crippen LogP contribution in [-0.4, -0.2) is 40.8 Å². The van der Waals surface area contributed by atoms with E-state index >= 15 is 0 Å². The number of aryl methyl sites for hydroxylation is 1. The summed E-state index contributed by atoms with van der Waals surface area (Å²) in [5.74, 6) is -1.62. The summed E-state index contributed by atoms with van der Waals surface area (Å²) in [6.07, 6.45) is 4.12. The Morgan fingerprint density at radius 1 is 1.30 bits per heavy atom.